The Kier molecular flexibility index (Phi) is 4.59. The number of aliphatic carboxylic acids is 2. The van der Waals surface area contributed by atoms with Gasteiger partial charge in [-0.2, -0.15) is 0 Å². The fraction of sp³-hybridized carbons (Fsp3) is 0.333. The van der Waals surface area contributed by atoms with Gasteiger partial charge in [-0.25, -0.2) is 4.79 Å². The van der Waals surface area contributed by atoms with Gasteiger partial charge in [0, 0.05) is 19.0 Å². The highest BCUT2D eigenvalue weighted by Crippen LogP contribution is 2.22. The van der Waals surface area contributed by atoms with Gasteiger partial charge in [-0.3, -0.25) is 9.69 Å². The highest BCUT2D eigenvalue weighted by atomic mass is 16.5. The Balaban J connectivity index is 1.95. The van der Waals surface area contributed by atoms with Crippen molar-refractivity contribution in [2.45, 2.75) is 18.6 Å². The van der Waals surface area contributed by atoms with E-state index in [9.17, 15) is 9.59 Å². The molecule has 0 bridgehead atoms. The minimum Gasteiger partial charge on any atom is -0.489 e. The van der Waals surface area contributed by atoms with Crippen molar-refractivity contribution in [2.24, 2.45) is 0 Å². The average molecular weight is 291 g/mol. The molecule has 1 aromatic rings. The average Bonchev–Trinajstić information content (AvgIpc) is 2.79. The highest BCUT2D eigenvalue weighted by Gasteiger charge is 2.35. The Morgan fingerprint density at radius 2 is 1.95 bits per heavy atom. The molecule has 0 amide bonds. The molecule has 0 aliphatic carbocycles. The molecule has 0 spiro atoms. The predicted octanol–water partition coefficient (Wildman–Crippen LogP) is 1.32. The van der Waals surface area contributed by atoms with E-state index in [0.717, 1.165) is 11.6 Å². The predicted molar refractivity (Wildman–Crippen MR) is 76.2 cm³/mol. The number of hydrogen-bond acceptors (Lipinski definition) is 4. The van der Waals surface area contributed by atoms with Crippen molar-refractivity contribution in [3.05, 3.63) is 35.9 Å². The van der Waals surface area contributed by atoms with Gasteiger partial charge in [0.2, 0.25) is 0 Å². The third-order valence-electron chi connectivity index (χ3n) is 3.40. The Hall–Kier alpha value is -2.34. The molecule has 1 saturated heterocycles. The molecule has 1 heterocycles. The van der Waals surface area contributed by atoms with Gasteiger partial charge in [-0.05, 0) is 30.8 Å². The van der Waals surface area contributed by atoms with Crippen molar-refractivity contribution in [1.82, 2.24) is 4.90 Å². The number of carboxylic acids is 2. The Morgan fingerprint density at radius 3 is 2.48 bits per heavy atom. The van der Waals surface area contributed by atoms with Crippen LogP contribution in [0, 0.1) is 0 Å². The zero-order valence-corrected chi connectivity index (χ0v) is 11.6. The number of carbonyl (C=O) groups is 2. The van der Waals surface area contributed by atoms with Crippen LogP contribution in [0.4, 0.5) is 0 Å². The summed E-state index contributed by atoms with van der Waals surface area (Å²) in [6.07, 6.45) is 2.86. The van der Waals surface area contributed by atoms with Crippen molar-refractivity contribution in [3.63, 3.8) is 0 Å². The summed E-state index contributed by atoms with van der Waals surface area (Å²) in [6.45, 7) is 0.567. The van der Waals surface area contributed by atoms with Crippen LogP contribution in [-0.4, -0.2) is 52.8 Å². The fourth-order valence-electron chi connectivity index (χ4n) is 2.34. The van der Waals surface area contributed by atoms with E-state index in [4.69, 9.17) is 14.9 Å². The number of carboxylic acid groups (broad SMARTS) is 2. The van der Waals surface area contributed by atoms with Gasteiger partial charge in [0.05, 0.1) is 0 Å². The third-order valence-corrected chi connectivity index (χ3v) is 3.40. The van der Waals surface area contributed by atoms with E-state index in [2.05, 4.69) is 0 Å². The largest absolute Gasteiger partial charge is 0.489 e. The molecule has 112 valence electrons. The quantitative estimate of drug-likeness (QED) is 0.796. The first-order chi connectivity index (χ1) is 9.95. The van der Waals surface area contributed by atoms with E-state index < -0.39 is 18.0 Å². The van der Waals surface area contributed by atoms with E-state index >= 15 is 0 Å². The number of ether oxygens (including phenoxy) is 1. The van der Waals surface area contributed by atoms with Gasteiger partial charge >= 0.3 is 11.9 Å². The summed E-state index contributed by atoms with van der Waals surface area (Å²) in [5, 5.41) is 17.6. The SMILES string of the molecule is CN1C[C@H](Oc2ccc(C=CC(=O)O)cc2)CC1C(=O)O. The van der Waals surface area contributed by atoms with Crippen molar-refractivity contribution in [3.8, 4) is 5.75 Å². The van der Waals surface area contributed by atoms with Gasteiger partial charge in [0.15, 0.2) is 0 Å². The Morgan fingerprint density at radius 1 is 1.29 bits per heavy atom. The van der Waals surface area contributed by atoms with Gasteiger partial charge in [-0.15, -0.1) is 0 Å². The molecule has 21 heavy (non-hydrogen) atoms. The van der Waals surface area contributed by atoms with Gasteiger partial charge in [0.1, 0.15) is 17.9 Å². The van der Waals surface area contributed by atoms with Gasteiger partial charge in [0.25, 0.3) is 0 Å². The molecule has 2 rings (SSSR count). The lowest BCUT2D eigenvalue weighted by molar-refractivity contribution is -0.141. The fourth-order valence-corrected chi connectivity index (χ4v) is 2.34. The van der Waals surface area contributed by atoms with Crippen LogP contribution in [0.3, 0.4) is 0 Å². The monoisotopic (exact) mass is 291 g/mol. The van der Waals surface area contributed by atoms with E-state index in [1.165, 1.54) is 6.08 Å². The van der Waals surface area contributed by atoms with Crippen LogP contribution >= 0.6 is 0 Å². The Labute approximate surface area is 122 Å². The minimum absolute atomic E-state index is 0.156. The third kappa shape index (κ3) is 4.06. The van der Waals surface area contributed by atoms with Crippen LogP contribution in [0.25, 0.3) is 6.08 Å². The second-order valence-electron chi connectivity index (χ2n) is 5.01. The van der Waals surface area contributed by atoms with Crippen LogP contribution in [0.1, 0.15) is 12.0 Å². The lowest BCUT2D eigenvalue weighted by Crippen LogP contribution is -2.32. The molecule has 1 fully saturated rings. The maximum absolute atomic E-state index is 11.0. The lowest BCUT2D eigenvalue weighted by Gasteiger charge is -2.13. The van der Waals surface area contributed by atoms with Crippen LogP contribution in [0.2, 0.25) is 0 Å². The molecule has 6 nitrogen and oxygen atoms in total. The molecule has 6 heteroatoms. The minimum atomic E-state index is -0.996. The highest BCUT2D eigenvalue weighted by molar-refractivity contribution is 5.85. The lowest BCUT2D eigenvalue weighted by atomic mass is 10.2. The molecular weight excluding hydrogens is 274 g/mol. The molecule has 2 N–H and O–H groups in total. The molecular formula is C15H17NO5. The Bertz CT molecular complexity index is 552. The number of likely N-dealkylation sites (tertiary alicyclic amines) is 1. The van der Waals surface area contributed by atoms with Crippen LogP contribution < -0.4 is 4.74 Å². The molecule has 1 aliphatic heterocycles. The number of nitrogens with zero attached hydrogens (tertiary/aromatic N) is 1. The summed E-state index contributed by atoms with van der Waals surface area (Å²) in [5.74, 6) is -1.19. The number of likely N-dealkylation sites (N-methyl/N-ethyl adjacent to an activating group) is 1. The molecule has 2 atom stereocenters. The first-order valence-corrected chi connectivity index (χ1v) is 6.56. The van der Waals surface area contributed by atoms with Crippen LogP contribution in [0.5, 0.6) is 5.75 Å². The molecule has 0 radical (unpaired) electrons. The van der Waals surface area contributed by atoms with Crippen molar-refractivity contribution >= 4 is 18.0 Å². The zero-order valence-electron chi connectivity index (χ0n) is 11.6. The zero-order chi connectivity index (χ0) is 15.4. The van der Waals surface area contributed by atoms with Gasteiger partial charge < -0.3 is 14.9 Å². The summed E-state index contributed by atoms with van der Waals surface area (Å²) < 4.78 is 5.76. The standard InChI is InChI=1S/C15H17NO5/c1-16-9-12(8-13(16)15(19)20)21-11-5-2-10(3-6-11)4-7-14(17)18/h2-7,12-13H,8-9H2,1H3,(H,17,18)(H,19,20)/t12-,13?/m1/s1. The van der Waals surface area contributed by atoms with Crippen LogP contribution in [0.15, 0.2) is 30.3 Å². The number of rotatable bonds is 5. The molecule has 1 aliphatic rings. The maximum Gasteiger partial charge on any atom is 0.328 e. The van der Waals surface area contributed by atoms with Crippen molar-refractivity contribution < 1.29 is 24.5 Å². The van der Waals surface area contributed by atoms with Gasteiger partial charge in [-0.1, -0.05) is 12.1 Å². The maximum atomic E-state index is 11.0. The summed E-state index contributed by atoms with van der Waals surface area (Å²) in [4.78, 5) is 23.2. The summed E-state index contributed by atoms with van der Waals surface area (Å²) in [7, 11) is 1.77. The second-order valence-corrected chi connectivity index (χ2v) is 5.01. The topological polar surface area (TPSA) is 87.1 Å². The van der Waals surface area contributed by atoms with E-state index in [1.54, 1.807) is 36.2 Å². The first kappa shape index (κ1) is 15.1. The van der Waals surface area contributed by atoms with Crippen molar-refractivity contribution in [1.29, 1.82) is 0 Å². The smallest absolute Gasteiger partial charge is 0.328 e. The molecule has 1 aromatic carbocycles. The molecule has 0 aromatic heterocycles. The second kappa shape index (κ2) is 6.41. The van der Waals surface area contributed by atoms with Crippen LogP contribution in [-0.2, 0) is 9.59 Å². The van der Waals surface area contributed by atoms with E-state index in [1.807, 2.05) is 0 Å². The summed E-state index contributed by atoms with van der Waals surface area (Å²) in [6, 6.07) is 6.49. The normalized spacial score (nSPS) is 22.5. The summed E-state index contributed by atoms with van der Waals surface area (Å²) >= 11 is 0. The number of benzene rings is 1. The van der Waals surface area contributed by atoms with E-state index in [0.29, 0.717) is 18.7 Å². The summed E-state index contributed by atoms with van der Waals surface area (Å²) in [5.41, 5.74) is 0.761. The molecule has 1 unspecified atom stereocenters. The first-order valence-electron chi connectivity index (χ1n) is 6.56. The van der Waals surface area contributed by atoms with Crippen molar-refractivity contribution in [2.75, 3.05) is 13.6 Å². The molecule has 0 saturated carbocycles. The van der Waals surface area contributed by atoms with E-state index in [-0.39, 0.29) is 6.10 Å². The number of hydrogen-bond donors (Lipinski definition) is 2.